The molecule has 31 heavy (non-hydrogen) atoms. The van der Waals surface area contributed by atoms with Crippen LogP contribution >= 0.6 is 0 Å². The van der Waals surface area contributed by atoms with Crippen molar-refractivity contribution in [2.45, 2.75) is 37.7 Å². The molecule has 6 heteroatoms. The molecule has 2 fully saturated rings. The monoisotopic (exact) mass is 420 g/mol. The average Bonchev–Trinajstić information content (AvgIpc) is 3.57. The maximum atomic E-state index is 12.6. The summed E-state index contributed by atoms with van der Waals surface area (Å²) in [4.78, 5) is 23.4. The van der Waals surface area contributed by atoms with Crippen LogP contribution in [0.4, 0.5) is 0 Å². The molecule has 0 amide bonds. The molecule has 2 aliphatic rings. The van der Waals surface area contributed by atoms with Crippen molar-refractivity contribution in [2.24, 2.45) is 5.92 Å². The first-order valence-electron chi connectivity index (χ1n) is 10.7. The molecule has 5 rings (SSSR count). The number of hydrogen-bond acceptors (Lipinski definition) is 5. The lowest BCUT2D eigenvalue weighted by Gasteiger charge is -2.31. The quantitative estimate of drug-likeness (QED) is 0.536. The molecule has 0 bridgehead atoms. The zero-order valence-corrected chi connectivity index (χ0v) is 17.1. The lowest BCUT2D eigenvalue weighted by molar-refractivity contribution is -0.151. The normalized spacial score (nSPS) is 20.4. The number of carbonyl (C=O) groups is 1. The van der Waals surface area contributed by atoms with Gasteiger partial charge in [0, 0.05) is 11.6 Å². The van der Waals surface area contributed by atoms with Gasteiger partial charge in [0.05, 0.1) is 24.0 Å². The third-order valence-electron chi connectivity index (χ3n) is 6.09. The van der Waals surface area contributed by atoms with E-state index in [0.717, 1.165) is 24.0 Å². The van der Waals surface area contributed by atoms with Gasteiger partial charge in [-0.2, -0.15) is 0 Å². The minimum Gasteiger partial charge on any atom is -0.491 e. The van der Waals surface area contributed by atoms with Crippen LogP contribution in [0.3, 0.4) is 0 Å². The SMILES string of the molecule is O=C(O)C1CC(OCCOc2ccc(-c3cc(=O)c4cccc(C5CC5)c4o3)cc2)C1. The van der Waals surface area contributed by atoms with Crippen LogP contribution in [-0.4, -0.2) is 30.4 Å². The van der Waals surface area contributed by atoms with Crippen LogP contribution in [0.15, 0.2) is 57.7 Å². The molecule has 0 unspecified atom stereocenters. The highest BCUT2D eigenvalue weighted by Crippen LogP contribution is 2.43. The number of para-hydroxylation sites is 1. The van der Waals surface area contributed by atoms with Gasteiger partial charge in [-0.25, -0.2) is 0 Å². The first-order valence-corrected chi connectivity index (χ1v) is 10.7. The predicted molar refractivity (Wildman–Crippen MR) is 115 cm³/mol. The molecular weight excluding hydrogens is 396 g/mol. The number of rotatable bonds is 8. The van der Waals surface area contributed by atoms with Crippen LogP contribution in [-0.2, 0) is 9.53 Å². The van der Waals surface area contributed by atoms with Crippen molar-refractivity contribution in [3.63, 3.8) is 0 Å². The number of ether oxygens (including phenoxy) is 2. The number of fused-ring (bicyclic) bond motifs is 1. The molecule has 0 saturated heterocycles. The van der Waals surface area contributed by atoms with Gasteiger partial charge < -0.3 is 19.0 Å². The average molecular weight is 420 g/mol. The Kier molecular flexibility index (Phi) is 5.24. The van der Waals surface area contributed by atoms with Gasteiger partial charge in [0.2, 0.25) is 0 Å². The summed E-state index contributed by atoms with van der Waals surface area (Å²) < 4.78 is 17.5. The largest absolute Gasteiger partial charge is 0.491 e. The highest BCUT2D eigenvalue weighted by atomic mass is 16.5. The molecule has 0 spiro atoms. The maximum Gasteiger partial charge on any atom is 0.306 e. The minimum absolute atomic E-state index is 0.0170. The van der Waals surface area contributed by atoms with Gasteiger partial charge in [0.25, 0.3) is 0 Å². The third kappa shape index (κ3) is 4.21. The first kappa shape index (κ1) is 19.8. The van der Waals surface area contributed by atoms with E-state index < -0.39 is 5.97 Å². The Bertz CT molecular complexity index is 1150. The highest BCUT2D eigenvalue weighted by molar-refractivity contribution is 5.82. The summed E-state index contributed by atoms with van der Waals surface area (Å²) in [6, 6.07) is 14.8. The topological polar surface area (TPSA) is 86.0 Å². The van der Waals surface area contributed by atoms with Gasteiger partial charge in [-0.05, 0) is 67.5 Å². The number of aliphatic carboxylic acids is 1. The van der Waals surface area contributed by atoms with E-state index in [4.69, 9.17) is 19.0 Å². The second-order valence-corrected chi connectivity index (χ2v) is 8.35. The Morgan fingerprint density at radius 2 is 1.84 bits per heavy atom. The van der Waals surface area contributed by atoms with Gasteiger partial charge in [0.1, 0.15) is 23.7 Å². The summed E-state index contributed by atoms with van der Waals surface area (Å²) in [5.74, 6) is 0.732. The summed E-state index contributed by atoms with van der Waals surface area (Å²) in [5, 5.41) is 9.51. The molecular formula is C25H24O6. The van der Waals surface area contributed by atoms with Crippen LogP contribution in [0.1, 0.15) is 37.2 Å². The summed E-state index contributed by atoms with van der Waals surface area (Å²) in [7, 11) is 0. The van der Waals surface area contributed by atoms with Gasteiger partial charge in [0.15, 0.2) is 5.43 Å². The molecule has 1 heterocycles. The van der Waals surface area contributed by atoms with E-state index in [1.54, 1.807) is 6.07 Å². The zero-order chi connectivity index (χ0) is 21.4. The molecule has 2 aromatic carbocycles. The first-order chi connectivity index (χ1) is 15.1. The van der Waals surface area contributed by atoms with Gasteiger partial charge in [-0.3, -0.25) is 9.59 Å². The smallest absolute Gasteiger partial charge is 0.306 e. The van der Waals surface area contributed by atoms with E-state index in [2.05, 4.69) is 6.07 Å². The van der Waals surface area contributed by atoms with Crippen molar-refractivity contribution in [2.75, 3.05) is 13.2 Å². The minimum atomic E-state index is -0.748. The lowest BCUT2D eigenvalue weighted by atomic mass is 9.82. The molecule has 3 aromatic rings. The van der Waals surface area contributed by atoms with Gasteiger partial charge in [-0.1, -0.05) is 12.1 Å². The fourth-order valence-corrected chi connectivity index (χ4v) is 4.05. The van der Waals surface area contributed by atoms with E-state index in [-0.39, 0.29) is 17.5 Å². The van der Waals surface area contributed by atoms with Crippen molar-refractivity contribution in [1.82, 2.24) is 0 Å². The Morgan fingerprint density at radius 1 is 1.06 bits per heavy atom. The van der Waals surface area contributed by atoms with Crippen molar-refractivity contribution in [3.8, 4) is 17.1 Å². The Hall–Kier alpha value is -3.12. The predicted octanol–water partition coefficient (Wildman–Crippen LogP) is 4.60. The number of hydrogen-bond donors (Lipinski definition) is 1. The molecule has 2 aliphatic carbocycles. The van der Waals surface area contributed by atoms with Crippen LogP contribution in [0.2, 0.25) is 0 Å². The van der Waals surface area contributed by atoms with Crippen LogP contribution < -0.4 is 10.2 Å². The Morgan fingerprint density at radius 3 is 2.55 bits per heavy atom. The van der Waals surface area contributed by atoms with Crippen LogP contribution in [0, 0.1) is 5.92 Å². The fraction of sp³-hybridized carbons (Fsp3) is 0.360. The molecule has 0 aliphatic heterocycles. The van der Waals surface area contributed by atoms with Crippen molar-refractivity contribution in [1.29, 1.82) is 0 Å². The van der Waals surface area contributed by atoms with Gasteiger partial charge in [-0.15, -0.1) is 0 Å². The summed E-state index contributed by atoms with van der Waals surface area (Å²) in [6.07, 6.45) is 3.45. The van der Waals surface area contributed by atoms with E-state index >= 15 is 0 Å². The molecule has 6 nitrogen and oxygen atoms in total. The third-order valence-corrected chi connectivity index (χ3v) is 6.09. The second-order valence-electron chi connectivity index (χ2n) is 8.35. The molecule has 0 radical (unpaired) electrons. The summed E-state index contributed by atoms with van der Waals surface area (Å²) in [5.41, 5.74) is 2.61. The lowest BCUT2D eigenvalue weighted by Crippen LogP contribution is -2.36. The Labute approximate surface area is 179 Å². The molecule has 0 atom stereocenters. The highest BCUT2D eigenvalue weighted by Gasteiger charge is 2.35. The summed E-state index contributed by atoms with van der Waals surface area (Å²) >= 11 is 0. The van der Waals surface area contributed by atoms with E-state index in [9.17, 15) is 9.59 Å². The van der Waals surface area contributed by atoms with Crippen LogP contribution in [0.5, 0.6) is 5.75 Å². The standard InChI is InChI=1S/C25H24O6/c26-22-14-23(31-24-20(15-4-5-15)2-1-3-21(22)24)16-6-8-18(9-7-16)29-10-11-30-19-12-17(13-19)25(27)28/h1-3,6-9,14-15,17,19H,4-5,10-13H2,(H,27,28). The van der Waals surface area contributed by atoms with Crippen molar-refractivity contribution in [3.05, 3.63) is 64.3 Å². The maximum absolute atomic E-state index is 12.6. The van der Waals surface area contributed by atoms with Crippen LogP contribution in [0.25, 0.3) is 22.3 Å². The van der Waals surface area contributed by atoms with E-state index in [1.165, 1.54) is 0 Å². The molecule has 1 aromatic heterocycles. The number of benzene rings is 2. The fourth-order valence-electron chi connectivity index (χ4n) is 4.05. The second kappa shape index (κ2) is 8.19. The molecule has 2 saturated carbocycles. The number of carboxylic acids is 1. The Balaban J connectivity index is 1.22. The molecule has 160 valence electrons. The van der Waals surface area contributed by atoms with Crippen molar-refractivity contribution >= 4 is 16.9 Å². The summed E-state index contributed by atoms with van der Waals surface area (Å²) in [6.45, 7) is 0.811. The van der Waals surface area contributed by atoms with E-state index in [0.29, 0.717) is 54.5 Å². The van der Waals surface area contributed by atoms with E-state index in [1.807, 2.05) is 36.4 Å². The molecule has 1 N–H and O–H groups in total. The van der Waals surface area contributed by atoms with Crippen molar-refractivity contribution < 1.29 is 23.8 Å². The van der Waals surface area contributed by atoms with Gasteiger partial charge >= 0.3 is 5.97 Å². The number of carboxylic acid groups (broad SMARTS) is 1. The zero-order valence-electron chi connectivity index (χ0n) is 17.1.